The molecule has 1 fully saturated rings. The molecule has 1 N–H and O–H groups in total. The van der Waals surface area contributed by atoms with E-state index in [0.717, 1.165) is 35.2 Å². The second-order valence-corrected chi connectivity index (χ2v) is 5.95. The zero-order chi connectivity index (χ0) is 14.8. The second-order valence-electron chi connectivity index (χ2n) is 5.95. The number of H-pyrrole nitrogens is 1. The van der Waals surface area contributed by atoms with Crippen LogP contribution in [0.25, 0.3) is 10.9 Å². The SMILES string of the molecule is COc1c(OC2CCCC(N(C)C)C2)ccc2[nH]ncc12. The fraction of sp³-hybridized carbons (Fsp3) is 0.562. The minimum Gasteiger partial charge on any atom is -0.492 e. The van der Waals surface area contributed by atoms with Gasteiger partial charge in [0.1, 0.15) is 6.10 Å². The third-order valence-corrected chi connectivity index (χ3v) is 4.37. The monoisotopic (exact) mass is 289 g/mol. The molecular weight excluding hydrogens is 266 g/mol. The summed E-state index contributed by atoms with van der Waals surface area (Å²) in [4.78, 5) is 2.30. The molecule has 5 heteroatoms. The Morgan fingerprint density at radius 1 is 1.29 bits per heavy atom. The van der Waals surface area contributed by atoms with Gasteiger partial charge in [0.05, 0.1) is 24.2 Å². The van der Waals surface area contributed by atoms with Gasteiger partial charge in [-0.15, -0.1) is 0 Å². The minimum absolute atomic E-state index is 0.254. The average molecular weight is 289 g/mol. The average Bonchev–Trinajstić information content (AvgIpc) is 2.96. The van der Waals surface area contributed by atoms with E-state index in [1.807, 2.05) is 12.1 Å². The molecule has 1 heterocycles. The topological polar surface area (TPSA) is 50.4 Å². The Morgan fingerprint density at radius 3 is 2.90 bits per heavy atom. The number of aromatic nitrogens is 2. The molecule has 0 aliphatic heterocycles. The third-order valence-electron chi connectivity index (χ3n) is 4.37. The summed E-state index contributed by atoms with van der Waals surface area (Å²) in [6.45, 7) is 0. The Kier molecular flexibility index (Phi) is 4.01. The normalized spacial score (nSPS) is 22.7. The van der Waals surface area contributed by atoms with Crippen molar-refractivity contribution in [1.29, 1.82) is 0 Å². The maximum absolute atomic E-state index is 6.24. The van der Waals surface area contributed by atoms with Crippen LogP contribution in [0.5, 0.6) is 11.5 Å². The molecule has 5 nitrogen and oxygen atoms in total. The van der Waals surface area contributed by atoms with Gasteiger partial charge in [0.25, 0.3) is 0 Å². The van der Waals surface area contributed by atoms with Crippen molar-refractivity contribution in [2.24, 2.45) is 0 Å². The smallest absolute Gasteiger partial charge is 0.171 e. The van der Waals surface area contributed by atoms with Crippen LogP contribution in [0, 0.1) is 0 Å². The van der Waals surface area contributed by atoms with Crippen molar-refractivity contribution in [1.82, 2.24) is 15.1 Å². The van der Waals surface area contributed by atoms with Crippen molar-refractivity contribution in [3.63, 3.8) is 0 Å². The van der Waals surface area contributed by atoms with Crippen LogP contribution >= 0.6 is 0 Å². The zero-order valence-corrected chi connectivity index (χ0v) is 12.9. The summed E-state index contributed by atoms with van der Waals surface area (Å²) >= 11 is 0. The van der Waals surface area contributed by atoms with Gasteiger partial charge in [-0.1, -0.05) is 0 Å². The summed E-state index contributed by atoms with van der Waals surface area (Å²) in [6, 6.07) is 4.57. The molecule has 2 aromatic rings. The lowest BCUT2D eigenvalue weighted by molar-refractivity contribution is 0.0979. The van der Waals surface area contributed by atoms with Crippen LogP contribution in [0.1, 0.15) is 25.7 Å². The van der Waals surface area contributed by atoms with E-state index in [2.05, 4.69) is 29.2 Å². The molecule has 0 spiro atoms. The van der Waals surface area contributed by atoms with E-state index < -0.39 is 0 Å². The lowest BCUT2D eigenvalue weighted by Gasteiger charge is -2.33. The van der Waals surface area contributed by atoms with Crippen LogP contribution in [0.4, 0.5) is 0 Å². The van der Waals surface area contributed by atoms with Gasteiger partial charge in [-0.05, 0) is 51.9 Å². The Morgan fingerprint density at radius 2 is 2.14 bits per heavy atom. The molecule has 0 amide bonds. The van der Waals surface area contributed by atoms with Crippen LogP contribution in [0.2, 0.25) is 0 Å². The number of nitrogens with one attached hydrogen (secondary N) is 1. The number of hydrogen-bond acceptors (Lipinski definition) is 4. The Hall–Kier alpha value is -1.75. The third kappa shape index (κ3) is 2.83. The summed E-state index contributed by atoms with van der Waals surface area (Å²) in [5.74, 6) is 1.59. The highest BCUT2D eigenvalue weighted by Gasteiger charge is 2.25. The Balaban J connectivity index is 1.81. The molecule has 2 atom stereocenters. The standard InChI is InChI=1S/C16H23N3O2/c1-19(2)11-5-4-6-12(9-11)21-15-8-7-14-13(10-17-18-14)16(15)20-3/h7-8,10-12H,4-6,9H2,1-3H3,(H,17,18). The fourth-order valence-electron chi connectivity index (χ4n) is 3.15. The van der Waals surface area contributed by atoms with Gasteiger partial charge in [0.15, 0.2) is 11.5 Å². The molecule has 1 aromatic carbocycles. The molecule has 0 saturated heterocycles. The van der Waals surface area contributed by atoms with Gasteiger partial charge in [0.2, 0.25) is 0 Å². The van der Waals surface area contributed by atoms with Crippen molar-refractivity contribution in [2.75, 3.05) is 21.2 Å². The van der Waals surface area contributed by atoms with Gasteiger partial charge in [-0.2, -0.15) is 5.10 Å². The number of hydrogen-bond donors (Lipinski definition) is 1. The van der Waals surface area contributed by atoms with Gasteiger partial charge in [-0.3, -0.25) is 5.10 Å². The summed E-state index contributed by atoms with van der Waals surface area (Å²) in [5, 5.41) is 7.99. The highest BCUT2D eigenvalue weighted by molar-refractivity contribution is 5.87. The number of nitrogens with zero attached hydrogens (tertiary/aromatic N) is 2. The van der Waals surface area contributed by atoms with Gasteiger partial charge >= 0.3 is 0 Å². The molecule has 0 bridgehead atoms. The number of benzene rings is 1. The number of fused-ring (bicyclic) bond motifs is 1. The predicted octanol–water partition coefficient (Wildman–Crippen LogP) is 2.82. The molecule has 3 rings (SSSR count). The van der Waals surface area contributed by atoms with Crippen LogP contribution in [-0.4, -0.2) is 48.4 Å². The first-order chi connectivity index (χ1) is 10.2. The van der Waals surface area contributed by atoms with E-state index >= 15 is 0 Å². The molecule has 1 aliphatic rings. The number of aromatic amines is 1. The number of rotatable bonds is 4. The summed E-state index contributed by atoms with van der Waals surface area (Å²) in [6.07, 6.45) is 6.68. The van der Waals surface area contributed by atoms with E-state index in [1.54, 1.807) is 13.3 Å². The highest BCUT2D eigenvalue weighted by Crippen LogP contribution is 2.36. The van der Waals surface area contributed by atoms with Gasteiger partial charge < -0.3 is 14.4 Å². The summed E-state index contributed by atoms with van der Waals surface area (Å²) in [7, 11) is 5.97. The lowest BCUT2D eigenvalue weighted by Crippen LogP contribution is -2.37. The highest BCUT2D eigenvalue weighted by atomic mass is 16.5. The summed E-state index contributed by atoms with van der Waals surface area (Å²) < 4.78 is 11.8. The zero-order valence-electron chi connectivity index (χ0n) is 12.9. The van der Waals surface area contributed by atoms with E-state index in [0.29, 0.717) is 6.04 Å². The largest absolute Gasteiger partial charge is 0.492 e. The molecule has 114 valence electrons. The van der Waals surface area contributed by atoms with Crippen molar-refractivity contribution in [2.45, 2.75) is 37.8 Å². The maximum atomic E-state index is 6.24. The van der Waals surface area contributed by atoms with Crippen molar-refractivity contribution < 1.29 is 9.47 Å². The van der Waals surface area contributed by atoms with Crippen LogP contribution in [0.3, 0.4) is 0 Å². The molecule has 1 saturated carbocycles. The number of methoxy groups -OCH3 is 1. The Labute approximate surface area is 125 Å². The summed E-state index contributed by atoms with van der Waals surface area (Å²) in [5.41, 5.74) is 0.967. The molecule has 1 aromatic heterocycles. The maximum Gasteiger partial charge on any atom is 0.171 e. The van der Waals surface area contributed by atoms with Gasteiger partial charge in [0, 0.05) is 6.04 Å². The van der Waals surface area contributed by atoms with Crippen molar-refractivity contribution >= 4 is 10.9 Å². The second kappa shape index (κ2) is 5.93. The predicted molar refractivity (Wildman–Crippen MR) is 83.0 cm³/mol. The van der Waals surface area contributed by atoms with Crippen LogP contribution in [-0.2, 0) is 0 Å². The first-order valence-corrected chi connectivity index (χ1v) is 7.52. The quantitative estimate of drug-likeness (QED) is 0.940. The van der Waals surface area contributed by atoms with E-state index in [4.69, 9.17) is 9.47 Å². The van der Waals surface area contributed by atoms with Gasteiger partial charge in [-0.25, -0.2) is 0 Å². The molecule has 0 radical (unpaired) electrons. The number of ether oxygens (including phenoxy) is 2. The fourth-order valence-corrected chi connectivity index (χ4v) is 3.15. The van der Waals surface area contributed by atoms with E-state index in [9.17, 15) is 0 Å². The molecular formula is C16H23N3O2. The molecule has 21 heavy (non-hydrogen) atoms. The van der Waals surface area contributed by atoms with E-state index in [-0.39, 0.29) is 6.10 Å². The van der Waals surface area contributed by atoms with Crippen molar-refractivity contribution in [3.05, 3.63) is 18.3 Å². The van der Waals surface area contributed by atoms with Crippen LogP contribution in [0.15, 0.2) is 18.3 Å². The molecule has 1 aliphatic carbocycles. The minimum atomic E-state index is 0.254. The first-order valence-electron chi connectivity index (χ1n) is 7.52. The van der Waals surface area contributed by atoms with E-state index in [1.165, 1.54) is 12.8 Å². The van der Waals surface area contributed by atoms with Crippen LogP contribution < -0.4 is 9.47 Å². The molecule has 2 unspecified atom stereocenters. The lowest BCUT2D eigenvalue weighted by atomic mass is 9.92. The van der Waals surface area contributed by atoms with Crippen molar-refractivity contribution in [3.8, 4) is 11.5 Å². The first kappa shape index (κ1) is 14.2. The Bertz CT molecular complexity index is 609.